The number of rotatable bonds is 4. The van der Waals surface area contributed by atoms with E-state index in [1.807, 2.05) is 19.1 Å². The molecular weight excluding hydrogens is 301 g/mol. The van der Waals surface area contributed by atoms with Crippen molar-refractivity contribution < 1.29 is 13.9 Å². The molecule has 0 spiro atoms. The molecular formula is C14H13ClFNO2S. The van der Waals surface area contributed by atoms with Crippen molar-refractivity contribution in [3.63, 3.8) is 0 Å². The molecule has 1 heterocycles. The summed E-state index contributed by atoms with van der Waals surface area (Å²) in [6.45, 7) is 1.94. The molecule has 0 aliphatic carbocycles. The minimum atomic E-state index is -0.580. The summed E-state index contributed by atoms with van der Waals surface area (Å²) in [4.78, 5) is 12.7. The molecule has 106 valence electrons. The highest BCUT2D eigenvalue weighted by Gasteiger charge is 2.16. The van der Waals surface area contributed by atoms with Crippen LogP contribution in [0, 0.1) is 5.82 Å². The lowest BCUT2D eigenvalue weighted by Crippen LogP contribution is -2.11. The Morgan fingerprint density at radius 2 is 2.15 bits per heavy atom. The van der Waals surface area contributed by atoms with E-state index in [0.29, 0.717) is 10.0 Å². The minimum Gasteiger partial charge on any atom is -0.465 e. The normalized spacial score (nSPS) is 12.0. The van der Waals surface area contributed by atoms with Crippen molar-refractivity contribution in [3.8, 4) is 0 Å². The van der Waals surface area contributed by atoms with Crippen molar-refractivity contribution in [1.29, 1.82) is 0 Å². The number of nitrogens with one attached hydrogen (secondary N) is 1. The van der Waals surface area contributed by atoms with Crippen LogP contribution in [0.4, 0.5) is 10.1 Å². The second-order valence-electron chi connectivity index (χ2n) is 4.19. The highest BCUT2D eigenvalue weighted by Crippen LogP contribution is 2.30. The number of benzene rings is 1. The van der Waals surface area contributed by atoms with Crippen molar-refractivity contribution >= 4 is 34.6 Å². The Morgan fingerprint density at radius 1 is 1.40 bits per heavy atom. The predicted molar refractivity (Wildman–Crippen MR) is 79.1 cm³/mol. The summed E-state index contributed by atoms with van der Waals surface area (Å²) in [5, 5.41) is 3.17. The van der Waals surface area contributed by atoms with Gasteiger partial charge >= 0.3 is 5.97 Å². The molecule has 1 aromatic carbocycles. The molecule has 0 aliphatic rings. The molecule has 1 atom stereocenters. The molecule has 0 aliphatic heterocycles. The first-order chi connectivity index (χ1) is 9.51. The highest BCUT2D eigenvalue weighted by molar-refractivity contribution is 7.16. The van der Waals surface area contributed by atoms with E-state index in [9.17, 15) is 9.18 Å². The van der Waals surface area contributed by atoms with E-state index >= 15 is 0 Å². The van der Waals surface area contributed by atoms with Crippen LogP contribution in [-0.4, -0.2) is 13.1 Å². The van der Waals surface area contributed by atoms with Gasteiger partial charge in [0.15, 0.2) is 0 Å². The Kier molecular flexibility index (Phi) is 4.62. The molecule has 0 bridgehead atoms. The van der Waals surface area contributed by atoms with Crippen LogP contribution in [-0.2, 0) is 4.74 Å². The lowest BCUT2D eigenvalue weighted by atomic mass is 10.1. The second-order valence-corrected chi connectivity index (χ2v) is 5.94. The van der Waals surface area contributed by atoms with Crippen LogP contribution < -0.4 is 5.32 Å². The molecule has 0 saturated heterocycles. The van der Waals surface area contributed by atoms with Gasteiger partial charge in [-0.15, -0.1) is 11.3 Å². The number of thiophene rings is 1. The molecule has 0 amide bonds. The van der Waals surface area contributed by atoms with Crippen LogP contribution in [0.3, 0.4) is 0 Å². The summed E-state index contributed by atoms with van der Waals surface area (Å²) in [6, 6.07) is 7.64. The Balaban J connectivity index is 2.26. The average Bonchev–Trinajstić information content (AvgIpc) is 2.86. The maximum absolute atomic E-state index is 13.3. The Labute approximate surface area is 125 Å². The average molecular weight is 314 g/mol. The molecule has 2 rings (SSSR count). The smallest absolute Gasteiger partial charge is 0.340 e. The molecule has 0 radical (unpaired) electrons. The van der Waals surface area contributed by atoms with Crippen molar-refractivity contribution in [1.82, 2.24) is 0 Å². The number of ether oxygens (including phenoxy) is 1. The van der Waals surface area contributed by atoms with E-state index in [2.05, 4.69) is 10.1 Å². The van der Waals surface area contributed by atoms with Gasteiger partial charge in [0.1, 0.15) is 5.82 Å². The summed E-state index contributed by atoms with van der Waals surface area (Å²) >= 11 is 7.35. The number of methoxy groups -OCH3 is 1. The summed E-state index contributed by atoms with van der Waals surface area (Å²) in [5.41, 5.74) is 0.692. The lowest BCUT2D eigenvalue weighted by molar-refractivity contribution is 0.0601. The van der Waals surface area contributed by atoms with Crippen LogP contribution in [0.2, 0.25) is 4.34 Å². The number of carbonyl (C=O) groups is 1. The van der Waals surface area contributed by atoms with Crippen molar-refractivity contribution in [2.24, 2.45) is 0 Å². The van der Waals surface area contributed by atoms with Crippen molar-refractivity contribution in [3.05, 3.63) is 50.9 Å². The molecule has 2 aromatic rings. The summed E-state index contributed by atoms with van der Waals surface area (Å²) in [6.07, 6.45) is 0. The van der Waals surface area contributed by atoms with Crippen LogP contribution in [0.5, 0.6) is 0 Å². The molecule has 0 fully saturated rings. The lowest BCUT2D eigenvalue weighted by Gasteiger charge is -2.16. The van der Waals surface area contributed by atoms with Gasteiger partial charge in [-0.3, -0.25) is 0 Å². The number of hydrogen-bond donors (Lipinski definition) is 1. The third-order valence-corrected chi connectivity index (χ3v) is 4.19. The van der Waals surface area contributed by atoms with E-state index < -0.39 is 11.8 Å². The van der Waals surface area contributed by atoms with Crippen LogP contribution in [0.1, 0.15) is 28.2 Å². The number of anilines is 1. The number of carbonyl (C=O) groups excluding carboxylic acids is 1. The molecule has 1 unspecified atom stereocenters. The van der Waals surface area contributed by atoms with E-state index in [0.717, 1.165) is 10.9 Å². The molecule has 6 heteroatoms. The molecule has 3 nitrogen and oxygen atoms in total. The number of halogens is 2. The third-order valence-electron chi connectivity index (χ3n) is 2.78. The van der Waals surface area contributed by atoms with Crippen molar-refractivity contribution in [2.45, 2.75) is 13.0 Å². The van der Waals surface area contributed by atoms with Gasteiger partial charge in [-0.2, -0.15) is 0 Å². The van der Waals surface area contributed by atoms with Gasteiger partial charge in [0.05, 0.1) is 23.1 Å². The maximum Gasteiger partial charge on any atom is 0.340 e. The van der Waals surface area contributed by atoms with E-state index in [4.69, 9.17) is 11.6 Å². The maximum atomic E-state index is 13.3. The van der Waals surface area contributed by atoms with Crippen molar-refractivity contribution in [2.75, 3.05) is 12.4 Å². The summed E-state index contributed by atoms with van der Waals surface area (Å²) in [7, 11) is 1.26. The van der Waals surface area contributed by atoms with E-state index in [-0.39, 0.29) is 11.6 Å². The van der Waals surface area contributed by atoms with Gasteiger partial charge in [-0.1, -0.05) is 11.6 Å². The predicted octanol–water partition coefficient (Wildman–Crippen LogP) is 4.50. The molecule has 1 aromatic heterocycles. The summed E-state index contributed by atoms with van der Waals surface area (Å²) in [5.74, 6) is -1.06. The standard InChI is InChI=1S/C14H13ClFNO2S/c1-8(12-5-6-13(15)20-12)17-11-4-3-9(16)7-10(11)14(18)19-2/h3-8,17H,1-2H3. The largest absolute Gasteiger partial charge is 0.465 e. The van der Waals surface area contributed by atoms with Gasteiger partial charge in [0.25, 0.3) is 0 Å². The zero-order valence-electron chi connectivity index (χ0n) is 10.9. The minimum absolute atomic E-state index is 0.0543. The highest BCUT2D eigenvalue weighted by atomic mass is 35.5. The monoisotopic (exact) mass is 313 g/mol. The fraction of sp³-hybridized carbons (Fsp3) is 0.214. The Hall–Kier alpha value is -1.59. The summed E-state index contributed by atoms with van der Waals surface area (Å²) < 4.78 is 18.6. The topological polar surface area (TPSA) is 38.3 Å². The Bertz CT molecular complexity index is 629. The van der Waals surface area contributed by atoms with Gasteiger partial charge in [0, 0.05) is 10.6 Å². The quantitative estimate of drug-likeness (QED) is 0.845. The third kappa shape index (κ3) is 3.29. The van der Waals surface area contributed by atoms with Gasteiger partial charge in [-0.05, 0) is 37.3 Å². The van der Waals surface area contributed by atoms with Gasteiger partial charge < -0.3 is 10.1 Å². The Morgan fingerprint density at radius 3 is 2.75 bits per heavy atom. The molecule has 1 N–H and O–H groups in total. The van der Waals surface area contributed by atoms with Crippen LogP contribution in [0.25, 0.3) is 0 Å². The fourth-order valence-corrected chi connectivity index (χ4v) is 2.85. The van der Waals surface area contributed by atoms with Gasteiger partial charge in [0.2, 0.25) is 0 Å². The van der Waals surface area contributed by atoms with E-state index in [1.54, 1.807) is 0 Å². The van der Waals surface area contributed by atoms with Crippen LogP contribution >= 0.6 is 22.9 Å². The first-order valence-electron chi connectivity index (χ1n) is 5.91. The number of hydrogen-bond acceptors (Lipinski definition) is 4. The first-order valence-corrected chi connectivity index (χ1v) is 7.10. The second kappa shape index (κ2) is 6.24. The van der Waals surface area contributed by atoms with E-state index in [1.165, 1.54) is 30.6 Å². The zero-order valence-corrected chi connectivity index (χ0v) is 12.5. The van der Waals surface area contributed by atoms with Gasteiger partial charge in [-0.25, -0.2) is 9.18 Å². The first kappa shape index (κ1) is 14.8. The molecule has 20 heavy (non-hydrogen) atoms. The zero-order chi connectivity index (χ0) is 14.7. The molecule has 0 saturated carbocycles. The SMILES string of the molecule is COC(=O)c1cc(F)ccc1NC(C)c1ccc(Cl)s1. The van der Waals surface area contributed by atoms with Crippen LogP contribution in [0.15, 0.2) is 30.3 Å². The fourth-order valence-electron chi connectivity index (χ4n) is 1.79. The number of esters is 1.